The molecule has 1 heterocycles. The lowest BCUT2D eigenvalue weighted by Crippen LogP contribution is -2.41. The van der Waals surface area contributed by atoms with Crippen LogP contribution < -0.4 is 5.46 Å². The highest BCUT2D eigenvalue weighted by Gasteiger charge is 2.53. The first-order valence-corrected chi connectivity index (χ1v) is 8.87. The van der Waals surface area contributed by atoms with Crippen molar-refractivity contribution in [2.24, 2.45) is 0 Å². The van der Waals surface area contributed by atoms with Gasteiger partial charge in [0.05, 0.1) is 11.2 Å². The molecule has 1 aliphatic carbocycles. The van der Waals surface area contributed by atoms with E-state index in [1.807, 2.05) is 39.8 Å². The molecule has 0 bridgehead atoms. The standard InChI is InChI=1S/C21H25BO3/c1-19(2)15-10-8-7-9-13(15)14-11-17(18(23)12-16(14)19)22-24-20(3,4)21(5,6)25-22/h7-12,23H,1-6H3. The highest BCUT2D eigenvalue weighted by Crippen LogP contribution is 2.49. The number of phenolic OH excluding ortho intramolecular Hbond substituents is 1. The van der Waals surface area contributed by atoms with E-state index in [4.69, 9.17) is 9.31 Å². The molecule has 0 unspecified atom stereocenters. The van der Waals surface area contributed by atoms with E-state index in [-0.39, 0.29) is 11.2 Å². The van der Waals surface area contributed by atoms with Gasteiger partial charge in [-0.25, -0.2) is 0 Å². The van der Waals surface area contributed by atoms with Gasteiger partial charge in [-0.05, 0) is 56.0 Å². The number of aromatic hydroxyl groups is 1. The van der Waals surface area contributed by atoms with E-state index in [0.717, 1.165) is 11.1 Å². The smallest absolute Gasteiger partial charge is 0.498 e. The van der Waals surface area contributed by atoms with Crippen LogP contribution in [0, 0.1) is 0 Å². The Morgan fingerprint density at radius 3 is 2.04 bits per heavy atom. The van der Waals surface area contributed by atoms with Crippen LogP contribution in [0.3, 0.4) is 0 Å². The third-order valence-electron chi connectivity index (χ3n) is 6.24. The number of benzene rings is 2. The summed E-state index contributed by atoms with van der Waals surface area (Å²) in [5, 5.41) is 10.7. The first-order chi connectivity index (χ1) is 11.5. The number of rotatable bonds is 1. The Morgan fingerprint density at radius 1 is 0.800 bits per heavy atom. The van der Waals surface area contributed by atoms with Gasteiger partial charge in [0.2, 0.25) is 0 Å². The van der Waals surface area contributed by atoms with Gasteiger partial charge < -0.3 is 14.4 Å². The van der Waals surface area contributed by atoms with Gasteiger partial charge in [-0.2, -0.15) is 0 Å². The van der Waals surface area contributed by atoms with Crippen molar-refractivity contribution in [3.05, 3.63) is 47.5 Å². The van der Waals surface area contributed by atoms with Crippen molar-refractivity contribution in [3.63, 3.8) is 0 Å². The van der Waals surface area contributed by atoms with Crippen molar-refractivity contribution >= 4 is 12.6 Å². The fraction of sp³-hybridized carbons (Fsp3) is 0.429. The van der Waals surface area contributed by atoms with E-state index >= 15 is 0 Å². The van der Waals surface area contributed by atoms with Crippen molar-refractivity contribution in [2.75, 3.05) is 0 Å². The summed E-state index contributed by atoms with van der Waals surface area (Å²) < 4.78 is 12.3. The Morgan fingerprint density at radius 2 is 1.40 bits per heavy atom. The van der Waals surface area contributed by atoms with Gasteiger partial charge in [0.1, 0.15) is 5.75 Å². The molecule has 0 amide bonds. The first-order valence-electron chi connectivity index (χ1n) is 8.87. The zero-order valence-electron chi connectivity index (χ0n) is 15.8. The van der Waals surface area contributed by atoms with Crippen molar-refractivity contribution < 1.29 is 14.4 Å². The van der Waals surface area contributed by atoms with Gasteiger partial charge in [-0.3, -0.25) is 0 Å². The second kappa shape index (κ2) is 4.90. The van der Waals surface area contributed by atoms with Crippen molar-refractivity contribution in [3.8, 4) is 16.9 Å². The third-order valence-corrected chi connectivity index (χ3v) is 6.24. The molecule has 25 heavy (non-hydrogen) atoms. The highest BCUT2D eigenvalue weighted by atomic mass is 16.7. The van der Waals surface area contributed by atoms with E-state index in [9.17, 15) is 5.11 Å². The van der Waals surface area contributed by atoms with Crippen LogP contribution in [0.5, 0.6) is 5.75 Å². The lowest BCUT2D eigenvalue weighted by atomic mass is 9.75. The Balaban J connectivity index is 1.86. The maximum absolute atomic E-state index is 10.7. The molecule has 0 aromatic heterocycles. The summed E-state index contributed by atoms with van der Waals surface area (Å²) in [6.07, 6.45) is 0. The molecule has 1 aliphatic heterocycles. The molecule has 2 aliphatic rings. The molecule has 4 heteroatoms. The Labute approximate surface area is 150 Å². The fourth-order valence-electron chi connectivity index (χ4n) is 3.91. The molecule has 4 rings (SSSR count). The van der Waals surface area contributed by atoms with Gasteiger partial charge >= 0.3 is 7.12 Å². The summed E-state index contributed by atoms with van der Waals surface area (Å²) in [4.78, 5) is 0. The molecular weight excluding hydrogens is 311 g/mol. The van der Waals surface area contributed by atoms with Crippen LogP contribution in [0.1, 0.15) is 52.7 Å². The molecule has 2 aromatic carbocycles. The summed E-state index contributed by atoms with van der Waals surface area (Å²) in [5.41, 5.74) is 4.52. The number of hydrogen-bond acceptors (Lipinski definition) is 3. The van der Waals surface area contributed by atoms with E-state index in [0.29, 0.717) is 5.46 Å². The van der Waals surface area contributed by atoms with Crippen molar-refractivity contribution in [1.82, 2.24) is 0 Å². The topological polar surface area (TPSA) is 38.7 Å². The second-order valence-corrected chi connectivity index (χ2v) is 8.72. The van der Waals surface area contributed by atoms with Gasteiger partial charge in [-0.15, -0.1) is 0 Å². The molecule has 0 radical (unpaired) electrons. The van der Waals surface area contributed by atoms with Crippen LogP contribution in [-0.4, -0.2) is 23.4 Å². The summed E-state index contributed by atoms with van der Waals surface area (Å²) in [7, 11) is -0.564. The minimum Gasteiger partial charge on any atom is -0.508 e. The molecular formula is C21H25BO3. The van der Waals surface area contributed by atoms with Gasteiger partial charge in [0, 0.05) is 10.9 Å². The van der Waals surface area contributed by atoms with Crippen molar-refractivity contribution in [2.45, 2.75) is 58.2 Å². The maximum atomic E-state index is 10.7. The van der Waals surface area contributed by atoms with Crippen LogP contribution in [-0.2, 0) is 14.7 Å². The summed E-state index contributed by atoms with van der Waals surface area (Å²) >= 11 is 0. The fourth-order valence-corrected chi connectivity index (χ4v) is 3.91. The van der Waals surface area contributed by atoms with Crippen LogP contribution in [0.25, 0.3) is 11.1 Å². The number of hydrogen-bond donors (Lipinski definition) is 1. The second-order valence-electron chi connectivity index (χ2n) is 8.72. The molecule has 1 saturated heterocycles. The molecule has 130 valence electrons. The summed E-state index contributed by atoms with van der Waals surface area (Å²) in [5.74, 6) is 0.234. The number of phenols is 1. The zero-order chi connectivity index (χ0) is 18.2. The molecule has 0 saturated carbocycles. The van der Waals surface area contributed by atoms with Gasteiger partial charge in [0.15, 0.2) is 0 Å². The van der Waals surface area contributed by atoms with Crippen LogP contribution in [0.2, 0.25) is 0 Å². The van der Waals surface area contributed by atoms with Crippen molar-refractivity contribution in [1.29, 1.82) is 0 Å². The monoisotopic (exact) mass is 336 g/mol. The molecule has 1 fully saturated rings. The predicted molar refractivity (Wildman–Crippen MR) is 101 cm³/mol. The van der Waals surface area contributed by atoms with E-state index in [1.54, 1.807) is 0 Å². The Hall–Kier alpha value is -1.78. The third kappa shape index (κ3) is 2.20. The maximum Gasteiger partial charge on any atom is 0.498 e. The summed E-state index contributed by atoms with van der Waals surface area (Å²) in [6, 6.07) is 12.4. The van der Waals surface area contributed by atoms with Gasteiger partial charge in [0.25, 0.3) is 0 Å². The normalized spacial score (nSPS) is 21.9. The molecule has 2 aromatic rings. The first kappa shape index (κ1) is 16.7. The molecule has 0 spiro atoms. The molecule has 1 N–H and O–H groups in total. The largest absolute Gasteiger partial charge is 0.508 e. The zero-order valence-corrected chi connectivity index (χ0v) is 15.8. The Kier molecular flexibility index (Phi) is 3.27. The average Bonchev–Trinajstić information content (AvgIpc) is 2.87. The lowest BCUT2D eigenvalue weighted by Gasteiger charge is -2.32. The lowest BCUT2D eigenvalue weighted by molar-refractivity contribution is 0.00578. The Bertz CT molecular complexity index is 851. The summed E-state index contributed by atoms with van der Waals surface area (Å²) in [6.45, 7) is 12.5. The molecule has 0 atom stereocenters. The van der Waals surface area contributed by atoms with E-state index in [1.165, 1.54) is 11.1 Å². The minimum atomic E-state index is -0.564. The van der Waals surface area contributed by atoms with Gasteiger partial charge in [-0.1, -0.05) is 44.2 Å². The number of fused-ring (bicyclic) bond motifs is 3. The van der Waals surface area contributed by atoms with Crippen LogP contribution in [0.15, 0.2) is 36.4 Å². The predicted octanol–water partition coefficient (Wildman–Crippen LogP) is 4.00. The average molecular weight is 336 g/mol. The van der Waals surface area contributed by atoms with Crippen LogP contribution >= 0.6 is 0 Å². The highest BCUT2D eigenvalue weighted by molar-refractivity contribution is 6.63. The van der Waals surface area contributed by atoms with Crippen LogP contribution in [0.4, 0.5) is 0 Å². The SMILES string of the molecule is CC1(C)c2ccccc2-c2cc(B3OC(C)(C)C(C)(C)O3)c(O)cc21. The van der Waals surface area contributed by atoms with E-state index in [2.05, 4.69) is 38.1 Å². The van der Waals surface area contributed by atoms with E-state index < -0.39 is 18.3 Å². The minimum absolute atomic E-state index is 0.127. The molecule has 3 nitrogen and oxygen atoms in total. The quantitative estimate of drug-likeness (QED) is 0.800.